The van der Waals surface area contributed by atoms with Crippen LogP contribution in [0.3, 0.4) is 0 Å². The number of aromatic amines is 1. The predicted octanol–water partition coefficient (Wildman–Crippen LogP) is 2.21. The molecule has 0 aliphatic rings. The number of hydrogen-bond donors (Lipinski definition) is 1. The Kier molecular flexibility index (Phi) is 3.03. The summed E-state index contributed by atoms with van der Waals surface area (Å²) in [5, 5.41) is 0. The van der Waals surface area contributed by atoms with Gasteiger partial charge in [0.15, 0.2) is 0 Å². The lowest BCUT2D eigenvalue weighted by Crippen LogP contribution is -2.15. The molecule has 1 atom stereocenters. The van der Waals surface area contributed by atoms with E-state index >= 15 is 0 Å². The van der Waals surface area contributed by atoms with Crippen molar-refractivity contribution in [2.45, 2.75) is 12.8 Å². The van der Waals surface area contributed by atoms with Gasteiger partial charge in [0.2, 0.25) is 0 Å². The smallest absolute Gasteiger partial charge is 0.251 e. The maximum atomic E-state index is 12.2. The summed E-state index contributed by atoms with van der Waals surface area (Å²) in [6.07, 6.45) is 1.54. The molecular formula is C8H9BrFNO. The number of H-pyrrole nitrogens is 1. The molecule has 1 aromatic heterocycles. The second-order valence-corrected chi connectivity index (χ2v) is 3.57. The fourth-order valence-corrected chi connectivity index (χ4v) is 1.28. The Morgan fingerprint density at radius 2 is 2.42 bits per heavy atom. The molecule has 4 heteroatoms. The standard InChI is InChI=1S/C8H9BrFNO/c1-5(3-10)7-2-6(9)4-11-8(7)12/h2,4-5H,3H2,1H3,(H,11,12). The summed E-state index contributed by atoms with van der Waals surface area (Å²) in [5.41, 5.74) is 0.259. The lowest BCUT2D eigenvalue weighted by atomic mass is 10.1. The van der Waals surface area contributed by atoms with Crippen LogP contribution in [-0.2, 0) is 0 Å². The Hall–Kier alpha value is -0.640. The van der Waals surface area contributed by atoms with Gasteiger partial charge in [0.05, 0.1) is 6.67 Å². The molecule has 1 unspecified atom stereocenters. The third-order valence-corrected chi connectivity index (χ3v) is 2.12. The first-order valence-corrected chi connectivity index (χ1v) is 4.38. The van der Waals surface area contributed by atoms with Crippen molar-refractivity contribution in [3.8, 4) is 0 Å². The van der Waals surface area contributed by atoms with E-state index in [1.165, 1.54) is 6.20 Å². The molecule has 0 saturated heterocycles. The Morgan fingerprint density at radius 3 is 3.00 bits per heavy atom. The highest BCUT2D eigenvalue weighted by atomic mass is 79.9. The SMILES string of the molecule is CC(CF)c1cc(Br)c[nH]c1=O. The minimum Gasteiger partial charge on any atom is -0.328 e. The highest BCUT2D eigenvalue weighted by Gasteiger charge is 2.09. The third-order valence-electron chi connectivity index (χ3n) is 1.66. The number of pyridine rings is 1. The molecule has 1 heterocycles. The van der Waals surface area contributed by atoms with Crippen LogP contribution >= 0.6 is 15.9 Å². The minimum atomic E-state index is -0.514. The first-order valence-electron chi connectivity index (χ1n) is 3.59. The highest BCUT2D eigenvalue weighted by molar-refractivity contribution is 9.10. The average molecular weight is 234 g/mol. The molecule has 0 aliphatic carbocycles. The molecule has 0 spiro atoms. The van der Waals surface area contributed by atoms with Crippen molar-refractivity contribution < 1.29 is 4.39 Å². The lowest BCUT2D eigenvalue weighted by molar-refractivity contribution is 0.445. The van der Waals surface area contributed by atoms with E-state index in [0.29, 0.717) is 5.56 Å². The van der Waals surface area contributed by atoms with Gasteiger partial charge in [-0.1, -0.05) is 6.92 Å². The van der Waals surface area contributed by atoms with Gasteiger partial charge < -0.3 is 4.98 Å². The van der Waals surface area contributed by atoms with Gasteiger partial charge in [0.1, 0.15) is 0 Å². The molecule has 0 bridgehead atoms. The van der Waals surface area contributed by atoms with Crippen LogP contribution in [-0.4, -0.2) is 11.7 Å². The molecular weight excluding hydrogens is 225 g/mol. The number of hydrogen-bond acceptors (Lipinski definition) is 1. The van der Waals surface area contributed by atoms with Crippen molar-refractivity contribution in [3.05, 3.63) is 32.7 Å². The Morgan fingerprint density at radius 1 is 1.75 bits per heavy atom. The van der Waals surface area contributed by atoms with E-state index in [1.54, 1.807) is 13.0 Å². The summed E-state index contributed by atoms with van der Waals surface area (Å²) in [6, 6.07) is 1.64. The highest BCUT2D eigenvalue weighted by Crippen LogP contribution is 2.15. The zero-order valence-corrected chi connectivity index (χ0v) is 8.19. The molecule has 66 valence electrons. The van der Waals surface area contributed by atoms with E-state index in [-0.39, 0.29) is 11.5 Å². The molecule has 0 aromatic carbocycles. The van der Waals surface area contributed by atoms with Gasteiger partial charge in [-0.3, -0.25) is 9.18 Å². The molecule has 0 amide bonds. The van der Waals surface area contributed by atoms with E-state index in [2.05, 4.69) is 20.9 Å². The molecule has 0 saturated carbocycles. The topological polar surface area (TPSA) is 32.9 Å². The molecule has 1 aromatic rings. The van der Waals surface area contributed by atoms with E-state index in [4.69, 9.17) is 0 Å². The monoisotopic (exact) mass is 233 g/mol. The Labute approximate surface area is 77.9 Å². The zero-order chi connectivity index (χ0) is 9.14. The number of nitrogens with one attached hydrogen (secondary N) is 1. The van der Waals surface area contributed by atoms with E-state index in [0.717, 1.165) is 4.47 Å². The van der Waals surface area contributed by atoms with Gasteiger partial charge in [0.25, 0.3) is 5.56 Å². The molecule has 1 N–H and O–H groups in total. The third kappa shape index (κ3) is 1.94. The van der Waals surface area contributed by atoms with Crippen LogP contribution in [0.2, 0.25) is 0 Å². The number of alkyl halides is 1. The summed E-state index contributed by atoms with van der Waals surface area (Å²) in [6.45, 7) is 1.16. The van der Waals surface area contributed by atoms with Gasteiger partial charge in [-0.05, 0) is 22.0 Å². The predicted molar refractivity (Wildman–Crippen MR) is 49.2 cm³/mol. The normalized spacial score (nSPS) is 12.9. The van der Waals surface area contributed by atoms with Gasteiger partial charge in [-0.25, -0.2) is 0 Å². The maximum absolute atomic E-state index is 12.2. The molecule has 0 aliphatic heterocycles. The van der Waals surface area contributed by atoms with Crippen LogP contribution in [0.15, 0.2) is 21.5 Å². The number of aromatic nitrogens is 1. The largest absolute Gasteiger partial charge is 0.328 e. The van der Waals surface area contributed by atoms with Gasteiger partial charge in [-0.15, -0.1) is 0 Å². The number of halogens is 2. The summed E-state index contributed by atoms with van der Waals surface area (Å²) in [7, 11) is 0. The van der Waals surface area contributed by atoms with Crippen LogP contribution in [0.4, 0.5) is 4.39 Å². The number of rotatable bonds is 2. The van der Waals surface area contributed by atoms with E-state index < -0.39 is 6.67 Å². The van der Waals surface area contributed by atoms with Gasteiger partial charge >= 0.3 is 0 Å². The van der Waals surface area contributed by atoms with Gasteiger partial charge in [-0.2, -0.15) is 0 Å². The molecule has 0 fully saturated rings. The van der Waals surface area contributed by atoms with Crippen LogP contribution in [0.25, 0.3) is 0 Å². The summed E-state index contributed by atoms with van der Waals surface area (Å²) in [5.74, 6) is -0.341. The molecule has 2 nitrogen and oxygen atoms in total. The molecule has 1 rings (SSSR count). The van der Waals surface area contributed by atoms with Crippen molar-refractivity contribution in [1.29, 1.82) is 0 Å². The minimum absolute atomic E-state index is 0.219. The van der Waals surface area contributed by atoms with E-state index in [1.807, 2.05) is 0 Å². The van der Waals surface area contributed by atoms with Crippen LogP contribution in [0.5, 0.6) is 0 Å². The first-order chi connectivity index (χ1) is 5.65. The average Bonchev–Trinajstić information content (AvgIpc) is 2.08. The molecule has 12 heavy (non-hydrogen) atoms. The van der Waals surface area contributed by atoms with Crippen LogP contribution < -0.4 is 5.56 Å². The Bertz CT molecular complexity index is 323. The van der Waals surface area contributed by atoms with Gasteiger partial charge in [0, 0.05) is 22.2 Å². The van der Waals surface area contributed by atoms with Crippen molar-refractivity contribution >= 4 is 15.9 Å². The first kappa shape index (κ1) is 9.45. The lowest BCUT2D eigenvalue weighted by Gasteiger charge is -2.04. The summed E-state index contributed by atoms with van der Waals surface area (Å²) >= 11 is 3.20. The van der Waals surface area contributed by atoms with Crippen LogP contribution in [0, 0.1) is 0 Å². The van der Waals surface area contributed by atoms with Crippen molar-refractivity contribution in [2.75, 3.05) is 6.67 Å². The maximum Gasteiger partial charge on any atom is 0.251 e. The van der Waals surface area contributed by atoms with E-state index in [9.17, 15) is 9.18 Å². The second-order valence-electron chi connectivity index (χ2n) is 2.66. The quantitative estimate of drug-likeness (QED) is 0.835. The Balaban J connectivity index is 3.13. The zero-order valence-electron chi connectivity index (χ0n) is 6.60. The van der Waals surface area contributed by atoms with Crippen molar-refractivity contribution in [3.63, 3.8) is 0 Å². The van der Waals surface area contributed by atoms with Crippen molar-refractivity contribution in [2.24, 2.45) is 0 Å². The fourth-order valence-electron chi connectivity index (χ4n) is 0.923. The molecule has 0 radical (unpaired) electrons. The van der Waals surface area contributed by atoms with Crippen LogP contribution in [0.1, 0.15) is 18.4 Å². The summed E-state index contributed by atoms with van der Waals surface area (Å²) in [4.78, 5) is 13.6. The second kappa shape index (κ2) is 3.85. The summed E-state index contributed by atoms with van der Waals surface area (Å²) < 4.78 is 13.0. The fraction of sp³-hybridized carbons (Fsp3) is 0.375. The van der Waals surface area contributed by atoms with Crippen molar-refractivity contribution in [1.82, 2.24) is 4.98 Å².